The van der Waals surface area contributed by atoms with Gasteiger partial charge in [-0.2, -0.15) is 0 Å². The zero-order valence-electron chi connectivity index (χ0n) is 18.6. The number of hydrogen-bond donors (Lipinski definition) is 2. The third-order valence-electron chi connectivity index (χ3n) is 5.91. The molecule has 3 aromatic carbocycles. The fourth-order valence-corrected chi connectivity index (χ4v) is 5.24. The summed E-state index contributed by atoms with van der Waals surface area (Å²) in [5.41, 5.74) is 0.308. The molecule has 10 heteroatoms. The number of sulfonamides is 1. The predicted octanol–water partition coefficient (Wildman–Crippen LogP) is 4.95. The normalized spacial score (nSPS) is 17.9. The molecule has 2 N–H and O–H groups in total. The number of nitrogens with one attached hydrogen (secondary N) is 1. The molecule has 1 fully saturated rings. The van der Waals surface area contributed by atoms with Crippen LogP contribution in [0.25, 0.3) is 11.1 Å². The summed E-state index contributed by atoms with van der Waals surface area (Å²) in [4.78, 5) is 26.9. The lowest BCUT2D eigenvalue weighted by molar-refractivity contribution is -0.141. The van der Waals surface area contributed by atoms with E-state index in [1.54, 1.807) is 54.6 Å². The molecule has 0 aliphatic carbocycles. The van der Waals surface area contributed by atoms with E-state index in [1.165, 1.54) is 12.1 Å². The van der Waals surface area contributed by atoms with Crippen molar-refractivity contribution in [2.24, 2.45) is 0 Å². The number of carboxylic acids is 1. The third-order valence-corrected chi connectivity index (χ3v) is 6.83. The van der Waals surface area contributed by atoms with E-state index < -0.39 is 45.5 Å². The minimum atomic E-state index is -3.98. The molecule has 3 aromatic rings. The maximum absolute atomic E-state index is 15.7. The molecule has 0 radical (unpaired) electrons. The van der Waals surface area contributed by atoms with Crippen molar-refractivity contribution in [2.75, 3.05) is 11.0 Å². The van der Waals surface area contributed by atoms with Crippen LogP contribution in [0.2, 0.25) is 5.02 Å². The molecule has 0 aromatic heterocycles. The van der Waals surface area contributed by atoms with Gasteiger partial charge >= 0.3 is 5.97 Å². The Kier molecular flexibility index (Phi) is 6.82. The summed E-state index contributed by atoms with van der Waals surface area (Å²) in [5.74, 6) is -2.97. The van der Waals surface area contributed by atoms with E-state index in [0.29, 0.717) is 22.6 Å². The molecule has 35 heavy (non-hydrogen) atoms. The predicted molar refractivity (Wildman–Crippen MR) is 131 cm³/mol. The second-order valence-electron chi connectivity index (χ2n) is 8.27. The SMILES string of the molecule is CS(=O)(=O)Nc1c(C(=O)N2[C@@H](c3ccccc3Cl)CC[C@H]2C(=O)O)ccc(-c2ccccc2)c1F. The summed E-state index contributed by atoms with van der Waals surface area (Å²) in [5, 5.41) is 10.2. The maximum atomic E-state index is 15.7. The van der Waals surface area contributed by atoms with Gasteiger partial charge in [0, 0.05) is 10.6 Å². The van der Waals surface area contributed by atoms with Gasteiger partial charge in [0.25, 0.3) is 5.91 Å². The highest BCUT2D eigenvalue weighted by Gasteiger charge is 2.43. The summed E-state index contributed by atoms with van der Waals surface area (Å²) in [6, 6.07) is 16.1. The van der Waals surface area contributed by atoms with Crippen molar-refractivity contribution in [3.63, 3.8) is 0 Å². The number of benzene rings is 3. The van der Waals surface area contributed by atoms with E-state index >= 15 is 4.39 Å². The number of rotatable bonds is 6. The van der Waals surface area contributed by atoms with Crippen molar-refractivity contribution < 1.29 is 27.5 Å². The van der Waals surface area contributed by atoms with Crippen molar-refractivity contribution in [3.8, 4) is 11.1 Å². The molecule has 0 spiro atoms. The lowest BCUT2D eigenvalue weighted by atomic mass is 9.99. The van der Waals surface area contributed by atoms with Gasteiger partial charge in [0.05, 0.1) is 23.5 Å². The van der Waals surface area contributed by atoms with Gasteiger partial charge in [-0.3, -0.25) is 9.52 Å². The van der Waals surface area contributed by atoms with Crippen LogP contribution in [0.3, 0.4) is 0 Å². The molecule has 7 nitrogen and oxygen atoms in total. The lowest BCUT2D eigenvalue weighted by Gasteiger charge is -2.30. The Labute approximate surface area is 207 Å². The molecule has 0 bridgehead atoms. The summed E-state index contributed by atoms with van der Waals surface area (Å²) in [6.07, 6.45) is 1.33. The molecular weight excluding hydrogens is 495 g/mol. The first-order valence-electron chi connectivity index (χ1n) is 10.7. The second kappa shape index (κ2) is 9.67. The highest BCUT2D eigenvalue weighted by molar-refractivity contribution is 7.92. The number of aliphatic carboxylic acids is 1. The first-order valence-corrected chi connectivity index (χ1v) is 13.0. The number of carboxylic acid groups (broad SMARTS) is 1. The van der Waals surface area contributed by atoms with Crippen molar-refractivity contribution in [2.45, 2.75) is 24.9 Å². The maximum Gasteiger partial charge on any atom is 0.326 e. The Morgan fingerprint density at radius 1 is 1.03 bits per heavy atom. The van der Waals surface area contributed by atoms with E-state index in [0.717, 1.165) is 11.2 Å². The quantitative estimate of drug-likeness (QED) is 0.482. The number of halogens is 2. The molecule has 2 atom stereocenters. The van der Waals surface area contributed by atoms with Crippen LogP contribution in [0.1, 0.15) is 34.8 Å². The Morgan fingerprint density at radius 3 is 2.31 bits per heavy atom. The standard InChI is InChI=1S/C25H22ClFN2O5S/c1-35(33,34)28-23-18(12-11-16(22(23)27)15-7-3-2-4-8-15)24(30)29-20(13-14-21(29)25(31)32)17-9-5-6-10-19(17)26/h2-12,20-21,28H,13-14H2,1H3,(H,31,32)/t20-,21+/m1/s1. The Balaban J connectivity index is 1.86. The van der Waals surface area contributed by atoms with Crippen LogP contribution < -0.4 is 4.72 Å². The van der Waals surface area contributed by atoms with E-state index in [4.69, 9.17) is 11.6 Å². The van der Waals surface area contributed by atoms with Crippen LogP contribution in [0, 0.1) is 5.82 Å². The van der Waals surface area contributed by atoms with E-state index in [1.807, 2.05) is 0 Å². The van der Waals surface area contributed by atoms with Crippen molar-refractivity contribution in [1.29, 1.82) is 0 Å². The minimum absolute atomic E-state index is 0.0900. The Hall–Kier alpha value is -3.43. The zero-order chi connectivity index (χ0) is 25.3. The topological polar surface area (TPSA) is 104 Å². The van der Waals surface area contributed by atoms with Crippen LogP contribution in [-0.2, 0) is 14.8 Å². The summed E-state index contributed by atoms with van der Waals surface area (Å²) >= 11 is 6.34. The van der Waals surface area contributed by atoms with Gasteiger partial charge in [-0.05, 0) is 36.1 Å². The largest absolute Gasteiger partial charge is 0.480 e. The fraction of sp³-hybridized carbons (Fsp3) is 0.200. The van der Waals surface area contributed by atoms with Crippen molar-refractivity contribution >= 4 is 39.2 Å². The van der Waals surface area contributed by atoms with Crippen LogP contribution in [0.5, 0.6) is 0 Å². The van der Waals surface area contributed by atoms with Gasteiger partial charge in [0.15, 0.2) is 5.82 Å². The molecule has 4 rings (SSSR count). The van der Waals surface area contributed by atoms with Crippen LogP contribution in [-0.4, -0.2) is 42.6 Å². The average Bonchev–Trinajstić information content (AvgIpc) is 3.25. The molecule has 1 amide bonds. The average molecular weight is 517 g/mol. The first-order chi connectivity index (χ1) is 16.6. The van der Waals surface area contributed by atoms with Crippen molar-refractivity contribution in [3.05, 3.63) is 88.7 Å². The molecule has 0 unspecified atom stereocenters. The number of carbonyl (C=O) groups is 2. The first kappa shape index (κ1) is 24.7. The molecule has 1 heterocycles. The lowest BCUT2D eigenvalue weighted by Crippen LogP contribution is -2.42. The number of anilines is 1. The number of carbonyl (C=O) groups excluding carboxylic acids is 1. The Morgan fingerprint density at radius 2 is 1.69 bits per heavy atom. The number of hydrogen-bond acceptors (Lipinski definition) is 4. The van der Waals surface area contributed by atoms with E-state index in [2.05, 4.69) is 4.72 Å². The van der Waals surface area contributed by atoms with Crippen LogP contribution in [0.4, 0.5) is 10.1 Å². The highest BCUT2D eigenvalue weighted by Crippen LogP contribution is 2.41. The molecule has 182 valence electrons. The Bertz CT molecular complexity index is 1400. The van der Waals surface area contributed by atoms with Gasteiger partial charge in [-0.15, -0.1) is 0 Å². The van der Waals surface area contributed by atoms with Crippen molar-refractivity contribution in [1.82, 2.24) is 4.90 Å². The van der Waals surface area contributed by atoms with Gasteiger partial charge < -0.3 is 10.0 Å². The fourth-order valence-electron chi connectivity index (χ4n) is 4.41. The second-order valence-corrected chi connectivity index (χ2v) is 10.4. The number of likely N-dealkylation sites (tertiary alicyclic amines) is 1. The van der Waals surface area contributed by atoms with Crippen LogP contribution in [0.15, 0.2) is 66.7 Å². The summed E-state index contributed by atoms with van der Waals surface area (Å²) < 4.78 is 42.0. The molecule has 1 aliphatic rings. The van der Waals surface area contributed by atoms with Gasteiger partial charge in [0.1, 0.15) is 6.04 Å². The highest BCUT2D eigenvalue weighted by atomic mass is 35.5. The van der Waals surface area contributed by atoms with Gasteiger partial charge in [-0.1, -0.05) is 66.2 Å². The molecule has 1 aliphatic heterocycles. The van der Waals surface area contributed by atoms with Gasteiger partial charge in [-0.25, -0.2) is 17.6 Å². The summed E-state index contributed by atoms with van der Waals surface area (Å²) in [6.45, 7) is 0. The molecule has 1 saturated heterocycles. The van der Waals surface area contributed by atoms with Crippen LogP contribution >= 0.6 is 11.6 Å². The smallest absolute Gasteiger partial charge is 0.326 e. The monoisotopic (exact) mass is 516 g/mol. The number of amides is 1. The minimum Gasteiger partial charge on any atom is -0.480 e. The van der Waals surface area contributed by atoms with E-state index in [9.17, 15) is 23.1 Å². The van der Waals surface area contributed by atoms with Gasteiger partial charge in [0.2, 0.25) is 10.0 Å². The van der Waals surface area contributed by atoms with E-state index in [-0.39, 0.29) is 17.5 Å². The third kappa shape index (κ3) is 5.01. The summed E-state index contributed by atoms with van der Waals surface area (Å²) in [7, 11) is -3.98. The molecule has 0 saturated carbocycles. The molecular formula is C25H22ClFN2O5S. The zero-order valence-corrected chi connectivity index (χ0v) is 20.2. The number of nitrogens with zero attached hydrogens (tertiary/aromatic N) is 1.